The molecule has 6 nitrogen and oxygen atoms in total. The molecular formula is C18H22N4O2. The smallest absolute Gasteiger partial charge is 0.260 e. The van der Waals surface area contributed by atoms with Crippen molar-refractivity contribution in [1.82, 2.24) is 15.3 Å². The Balaban J connectivity index is 1.41. The monoisotopic (exact) mass is 326 g/mol. The molecule has 1 heterocycles. The Morgan fingerprint density at radius 3 is 2.96 bits per heavy atom. The van der Waals surface area contributed by atoms with Gasteiger partial charge in [-0.25, -0.2) is 4.98 Å². The van der Waals surface area contributed by atoms with E-state index in [0.29, 0.717) is 18.9 Å². The number of amides is 1. The summed E-state index contributed by atoms with van der Waals surface area (Å²) in [4.78, 5) is 20.2. The van der Waals surface area contributed by atoms with Crippen molar-refractivity contribution in [3.05, 3.63) is 47.9 Å². The predicted octanol–water partition coefficient (Wildman–Crippen LogP) is 1.96. The highest BCUT2D eigenvalue weighted by molar-refractivity contribution is 5.80. The quantitative estimate of drug-likeness (QED) is 0.761. The van der Waals surface area contributed by atoms with E-state index < -0.39 is 6.10 Å². The summed E-state index contributed by atoms with van der Waals surface area (Å²) in [6.07, 6.45) is 7.79. The van der Waals surface area contributed by atoms with Crippen LogP contribution in [0.25, 0.3) is 0 Å². The Kier molecular flexibility index (Phi) is 5.25. The molecule has 3 rings (SSSR count). The molecule has 0 unspecified atom stereocenters. The van der Waals surface area contributed by atoms with E-state index in [2.05, 4.69) is 32.7 Å². The fourth-order valence-electron chi connectivity index (χ4n) is 2.79. The molecule has 24 heavy (non-hydrogen) atoms. The standard InChI is InChI=1S/C18H22N4O2/c1-13(24-16-6-5-14-3-2-4-15(14)11-16)18(23)22-10-9-21-17-12-19-7-8-20-17/h5-8,11-13H,2-4,9-10H2,1H3,(H,20,21)(H,22,23)/t13-/m1/s1. The van der Waals surface area contributed by atoms with Crippen molar-refractivity contribution in [2.24, 2.45) is 0 Å². The van der Waals surface area contributed by atoms with Crippen molar-refractivity contribution in [2.45, 2.75) is 32.3 Å². The van der Waals surface area contributed by atoms with Crippen molar-refractivity contribution in [3.63, 3.8) is 0 Å². The maximum Gasteiger partial charge on any atom is 0.260 e. The van der Waals surface area contributed by atoms with Gasteiger partial charge in [-0.2, -0.15) is 0 Å². The van der Waals surface area contributed by atoms with Gasteiger partial charge in [0.2, 0.25) is 0 Å². The highest BCUT2D eigenvalue weighted by Gasteiger charge is 2.16. The van der Waals surface area contributed by atoms with E-state index in [4.69, 9.17) is 4.74 Å². The molecule has 1 aliphatic rings. The van der Waals surface area contributed by atoms with E-state index in [1.54, 1.807) is 25.5 Å². The molecule has 0 saturated carbocycles. The average molecular weight is 326 g/mol. The van der Waals surface area contributed by atoms with Gasteiger partial charge in [0.15, 0.2) is 6.10 Å². The maximum absolute atomic E-state index is 12.1. The number of aryl methyl sites for hydroxylation is 2. The van der Waals surface area contributed by atoms with Crippen LogP contribution in [0.1, 0.15) is 24.5 Å². The van der Waals surface area contributed by atoms with Gasteiger partial charge in [0.25, 0.3) is 5.91 Å². The van der Waals surface area contributed by atoms with Gasteiger partial charge < -0.3 is 15.4 Å². The van der Waals surface area contributed by atoms with Gasteiger partial charge in [0.1, 0.15) is 11.6 Å². The molecule has 6 heteroatoms. The second kappa shape index (κ2) is 7.77. The van der Waals surface area contributed by atoms with Gasteiger partial charge in [-0.1, -0.05) is 6.07 Å². The van der Waals surface area contributed by atoms with Crippen LogP contribution in [0.15, 0.2) is 36.8 Å². The van der Waals surface area contributed by atoms with Crippen LogP contribution in [0.5, 0.6) is 5.75 Å². The summed E-state index contributed by atoms with van der Waals surface area (Å²) in [6, 6.07) is 6.11. The number of fused-ring (bicyclic) bond motifs is 1. The van der Waals surface area contributed by atoms with Crippen molar-refractivity contribution in [3.8, 4) is 5.75 Å². The molecule has 0 spiro atoms. The van der Waals surface area contributed by atoms with Gasteiger partial charge in [-0.05, 0) is 49.4 Å². The molecule has 2 aromatic rings. The topological polar surface area (TPSA) is 76.1 Å². The van der Waals surface area contributed by atoms with Crippen LogP contribution in [0.3, 0.4) is 0 Å². The first kappa shape index (κ1) is 16.2. The number of hydrogen-bond acceptors (Lipinski definition) is 5. The first-order chi connectivity index (χ1) is 11.7. The minimum Gasteiger partial charge on any atom is -0.481 e. The lowest BCUT2D eigenvalue weighted by Crippen LogP contribution is -2.38. The second-order valence-electron chi connectivity index (χ2n) is 5.85. The van der Waals surface area contributed by atoms with Crippen LogP contribution < -0.4 is 15.4 Å². The first-order valence-corrected chi connectivity index (χ1v) is 8.28. The van der Waals surface area contributed by atoms with E-state index in [-0.39, 0.29) is 5.91 Å². The Bertz CT molecular complexity index is 691. The van der Waals surface area contributed by atoms with Gasteiger partial charge >= 0.3 is 0 Å². The summed E-state index contributed by atoms with van der Waals surface area (Å²) in [7, 11) is 0. The highest BCUT2D eigenvalue weighted by Crippen LogP contribution is 2.26. The number of benzene rings is 1. The molecule has 0 radical (unpaired) electrons. The van der Waals surface area contributed by atoms with Gasteiger partial charge in [-0.15, -0.1) is 0 Å². The zero-order valence-electron chi connectivity index (χ0n) is 13.8. The molecular weight excluding hydrogens is 304 g/mol. The van der Waals surface area contributed by atoms with Crippen molar-refractivity contribution >= 4 is 11.7 Å². The maximum atomic E-state index is 12.1. The van der Waals surface area contributed by atoms with Gasteiger partial charge in [-0.3, -0.25) is 9.78 Å². The summed E-state index contributed by atoms with van der Waals surface area (Å²) in [6.45, 7) is 2.84. The van der Waals surface area contributed by atoms with Crippen molar-refractivity contribution in [1.29, 1.82) is 0 Å². The molecule has 0 fully saturated rings. The molecule has 1 aliphatic carbocycles. The number of nitrogens with zero attached hydrogens (tertiary/aromatic N) is 2. The van der Waals surface area contributed by atoms with Crippen LogP contribution in [-0.2, 0) is 17.6 Å². The van der Waals surface area contributed by atoms with Crippen molar-refractivity contribution < 1.29 is 9.53 Å². The molecule has 1 amide bonds. The van der Waals surface area contributed by atoms with E-state index >= 15 is 0 Å². The number of nitrogens with one attached hydrogen (secondary N) is 2. The van der Waals surface area contributed by atoms with Gasteiger partial charge in [0.05, 0.1) is 6.20 Å². The Morgan fingerprint density at radius 1 is 1.25 bits per heavy atom. The molecule has 0 saturated heterocycles. The Morgan fingerprint density at radius 2 is 2.12 bits per heavy atom. The lowest BCUT2D eigenvalue weighted by molar-refractivity contribution is -0.127. The zero-order valence-corrected chi connectivity index (χ0v) is 13.8. The highest BCUT2D eigenvalue weighted by atomic mass is 16.5. The number of anilines is 1. The third kappa shape index (κ3) is 4.22. The Labute approximate surface area is 141 Å². The summed E-state index contributed by atoms with van der Waals surface area (Å²) in [5.41, 5.74) is 2.74. The summed E-state index contributed by atoms with van der Waals surface area (Å²) in [5.74, 6) is 1.32. The number of rotatable bonds is 7. The third-order valence-corrected chi connectivity index (χ3v) is 4.05. The first-order valence-electron chi connectivity index (χ1n) is 8.28. The summed E-state index contributed by atoms with van der Waals surface area (Å²) >= 11 is 0. The van der Waals surface area contributed by atoms with E-state index in [1.165, 1.54) is 17.5 Å². The van der Waals surface area contributed by atoms with E-state index in [1.807, 2.05) is 6.07 Å². The van der Waals surface area contributed by atoms with Crippen LogP contribution >= 0.6 is 0 Å². The normalized spacial score (nSPS) is 13.9. The number of aromatic nitrogens is 2. The van der Waals surface area contributed by atoms with Crippen LogP contribution in [0, 0.1) is 0 Å². The number of carbonyl (C=O) groups excluding carboxylic acids is 1. The fraction of sp³-hybridized carbons (Fsp3) is 0.389. The SMILES string of the molecule is C[C@@H](Oc1ccc2c(c1)CCC2)C(=O)NCCNc1cnccn1. The zero-order chi connectivity index (χ0) is 16.8. The average Bonchev–Trinajstić information content (AvgIpc) is 3.07. The van der Waals surface area contributed by atoms with Gasteiger partial charge in [0, 0.05) is 25.5 Å². The third-order valence-electron chi connectivity index (χ3n) is 4.05. The second-order valence-corrected chi connectivity index (χ2v) is 5.85. The fourth-order valence-corrected chi connectivity index (χ4v) is 2.79. The molecule has 0 aliphatic heterocycles. The lowest BCUT2D eigenvalue weighted by atomic mass is 10.1. The summed E-state index contributed by atoms with van der Waals surface area (Å²) in [5, 5.41) is 5.94. The molecule has 2 N–H and O–H groups in total. The molecule has 126 valence electrons. The lowest BCUT2D eigenvalue weighted by Gasteiger charge is -2.15. The number of ether oxygens (including phenoxy) is 1. The van der Waals surface area contributed by atoms with Crippen LogP contribution in [-0.4, -0.2) is 35.1 Å². The van der Waals surface area contributed by atoms with Crippen molar-refractivity contribution in [2.75, 3.05) is 18.4 Å². The number of carbonyl (C=O) groups is 1. The minimum atomic E-state index is -0.527. The molecule has 1 aromatic carbocycles. The molecule has 1 atom stereocenters. The molecule has 0 bridgehead atoms. The Hall–Kier alpha value is -2.63. The van der Waals surface area contributed by atoms with E-state index in [0.717, 1.165) is 18.6 Å². The molecule has 1 aromatic heterocycles. The van der Waals surface area contributed by atoms with Crippen LogP contribution in [0.2, 0.25) is 0 Å². The predicted molar refractivity (Wildman–Crippen MR) is 92.1 cm³/mol. The van der Waals surface area contributed by atoms with E-state index in [9.17, 15) is 4.79 Å². The summed E-state index contributed by atoms with van der Waals surface area (Å²) < 4.78 is 5.76. The van der Waals surface area contributed by atoms with Crippen LogP contribution in [0.4, 0.5) is 5.82 Å². The number of hydrogen-bond donors (Lipinski definition) is 2. The minimum absolute atomic E-state index is 0.128. The largest absolute Gasteiger partial charge is 0.481 e.